The van der Waals surface area contributed by atoms with Gasteiger partial charge in [0.05, 0.1) is 5.71 Å². The van der Waals surface area contributed by atoms with Gasteiger partial charge < -0.3 is 4.84 Å². The Morgan fingerprint density at radius 1 is 1.33 bits per heavy atom. The minimum absolute atomic E-state index is 0.479. The lowest BCUT2D eigenvalue weighted by Gasteiger charge is -2.13. The Hall–Kier alpha value is -1.31. The quantitative estimate of drug-likeness (QED) is 0.534. The molecule has 0 aliphatic rings. The second kappa shape index (κ2) is 6.23. The third-order valence-corrected chi connectivity index (χ3v) is 2.64. The van der Waals surface area contributed by atoms with E-state index in [9.17, 15) is 0 Å². The largest absolute Gasteiger partial charge is 0.399 e. The lowest BCUT2D eigenvalue weighted by atomic mass is 9.93. The molecule has 0 fully saturated rings. The van der Waals surface area contributed by atoms with Crippen LogP contribution in [0.5, 0.6) is 0 Å². The average Bonchev–Trinajstić information content (AvgIpc) is 2.27. The number of hydrogen-bond acceptors (Lipinski definition) is 2. The Labute approximate surface area is 91.9 Å². The summed E-state index contributed by atoms with van der Waals surface area (Å²) in [5, 5.41) is 4.01. The first kappa shape index (κ1) is 11.8. The minimum atomic E-state index is 0.479. The van der Waals surface area contributed by atoms with Crippen molar-refractivity contribution in [3.63, 3.8) is 0 Å². The normalized spacial score (nSPS) is 13.7. The standard InChI is InChI=1S/C13H19NO/c1-4-13(11(2)14-15-3)10-12-8-6-5-7-9-12/h5-9,13H,4,10H2,1-3H3/b14-11+/t13-/m0/s1. The molecule has 1 rings (SSSR count). The molecule has 0 aliphatic carbocycles. The maximum atomic E-state index is 4.81. The number of hydrogen-bond donors (Lipinski definition) is 0. The predicted molar refractivity (Wildman–Crippen MR) is 64.0 cm³/mol. The molecule has 0 aromatic heterocycles. The first-order chi connectivity index (χ1) is 7.27. The molecule has 2 nitrogen and oxygen atoms in total. The third-order valence-electron chi connectivity index (χ3n) is 2.64. The van der Waals surface area contributed by atoms with E-state index in [4.69, 9.17) is 4.84 Å². The van der Waals surface area contributed by atoms with Gasteiger partial charge in [-0.15, -0.1) is 0 Å². The molecule has 0 spiro atoms. The molecule has 0 saturated carbocycles. The summed E-state index contributed by atoms with van der Waals surface area (Å²) < 4.78 is 0. The van der Waals surface area contributed by atoms with Gasteiger partial charge in [0.25, 0.3) is 0 Å². The second-order valence-corrected chi connectivity index (χ2v) is 3.71. The zero-order chi connectivity index (χ0) is 11.1. The van der Waals surface area contributed by atoms with E-state index in [1.54, 1.807) is 7.11 Å². The maximum Gasteiger partial charge on any atom is 0.106 e. The van der Waals surface area contributed by atoms with Crippen LogP contribution in [0.2, 0.25) is 0 Å². The summed E-state index contributed by atoms with van der Waals surface area (Å²) in [5.41, 5.74) is 2.43. The zero-order valence-electron chi connectivity index (χ0n) is 9.73. The molecule has 0 amide bonds. The van der Waals surface area contributed by atoms with Crippen LogP contribution >= 0.6 is 0 Å². The minimum Gasteiger partial charge on any atom is -0.399 e. The summed E-state index contributed by atoms with van der Waals surface area (Å²) in [6.45, 7) is 4.21. The molecule has 0 unspecified atom stereocenters. The second-order valence-electron chi connectivity index (χ2n) is 3.71. The molecule has 15 heavy (non-hydrogen) atoms. The molecule has 0 N–H and O–H groups in total. The van der Waals surface area contributed by atoms with Gasteiger partial charge in [-0.1, -0.05) is 42.4 Å². The van der Waals surface area contributed by atoms with E-state index in [1.165, 1.54) is 5.56 Å². The van der Waals surface area contributed by atoms with Crippen molar-refractivity contribution in [2.24, 2.45) is 11.1 Å². The topological polar surface area (TPSA) is 21.6 Å². The molecule has 82 valence electrons. The van der Waals surface area contributed by atoms with Gasteiger partial charge >= 0.3 is 0 Å². The highest BCUT2D eigenvalue weighted by Crippen LogP contribution is 2.14. The number of rotatable bonds is 5. The van der Waals surface area contributed by atoms with Crippen molar-refractivity contribution < 1.29 is 4.84 Å². The molecular formula is C13H19NO. The van der Waals surface area contributed by atoms with E-state index in [2.05, 4.69) is 36.3 Å². The van der Waals surface area contributed by atoms with Gasteiger partial charge in [-0.05, 0) is 25.3 Å². The Bertz CT molecular complexity index is 306. The Morgan fingerprint density at radius 3 is 2.53 bits per heavy atom. The Balaban J connectivity index is 2.66. The molecule has 0 radical (unpaired) electrons. The number of benzene rings is 1. The molecule has 2 heteroatoms. The van der Waals surface area contributed by atoms with Gasteiger partial charge in [0.2, 0.25) is 0 Å². The first-order valence-corrected chi connectivity index (χ1v) is 5.39. The van der Waals surface area contributed by atoms with Crippen molar-refractivity contribution in [3.8, 4) is 0 Å². The number of oxime groups is 1. The van der Waals surface area contributed by atoms with Gasteiger partial charge in [-0.25, -0.2) is 0 Å². The predicted octanol–water partition coefficient (Wildman–Crippen LogP) is 3.28. The summed E-state index contributed by atoms with van der Waals surface area (Å²) in [5.74, 6) is 0.479. The lowest BCUT2D eigenvalue weighted by Crippen LogP contribution is -2.13. The maximum absolute atomic E-state index is 4.81. The fourth-order valence-corrected chi connectivity index (χ4v) is 1.70. The highest BCUT2D eigenvalue weighted by atomic mass is 16.6. The monoisotopic (exact) mass is 205 g/mol. The van der Waals surface area contributed by atoms with E-state index in [-0.39, 0.29) is 0 Å². The summed E-state index contributed by atoms with van der Waals surface area (Å²) >= 11 is 0. The summed E-state index contributed by atoms with van der Waals surface area (Å²) in [6, 6.07) is 10.5. The molecule has 0 heterocycles. The zero-order valence-corrected chi connectivity index (χ0v) is 9.73. The van der Waals surface area contributed by atoms with Gasteiger partial charge in [0.15, 0.2) is 0 Å². The van der Waals surface area contributed by atoms with Crippen LogP contribution in [0.4, 0.5) is 0 Å². The van der Waals surface area contributed by atoms with E-state index in [1.807, 2.05) is 13.0 Å². The van der Waals surface area contributed by atoms with Crippen molar-refractivity contribution in [3.05, 3.63) is 35.9 Å². The van der Waals surface area contributed by atoms with Crippen molar-refractivity contribution >= 4 is 5.71 Å². The summed E-state index contributed by atoms with van der Waals surface area (Å²) in [6.07, 6.45) is 2.13. The van der Waals surface area contributed by atoms with Gasteiger partial charge in [0, 0.05) is 5.92 Å². The average molecular weight is 205 g/mol. The SMILES string of the molecule is CC[C@@H](Cc1ccccc1)/C(C)=N/OC. The van der Waals surface area contributed by atoms with E-state index in [0.29, 0.717) is 5.92 Å². The van der Waals surface area contributed by atoms with Crippen LogP contribution in [0, 0.1) is 5.92 Å². The molecule has 1 aromatic carbocycles. The lowest BCUT2D eigenvalue weighted by molar-refractivity contribution is 0.210. The highest BCUT2D eigenvalue weighted by molar-refractivity contribution is 5.84. The van der Waals surface area contributed by atoms with Crippen LogP contribution in [0.1, 0.15) is 25.8 Å². The fourth-order valence-electron chi connectivity index (χ4n) is 1.70. The van der Waals surface area contributed by atoms with E-state index < -0.39 is 0 Å². The van der Waals surface area contributed by atoms with Crippen LogP contribution in [0.15, 0.2) is 35.5 Å². The Morgan fingerprint density at radius 2 is 2.00 bits per heavy atom. The molecule has 1 atom stereocenters. The van der Waals surface area contributed by atoms with Crippen molar-refractivity contribution in [2.75, 3.05) is 7.11 Å². The van der Waals surface area contributed by atoms with Crippen molar-refractivity contribution in [1.29, 1.82) is 0 Å². The fraction of sp³-hybridized carbons (Fsp3) is 0.462. The summed E-state index contributed by atoms with van der Waals surface area (Å²) in [4.78, 5) is 4.81. The van der Waals surface area contributed by atoms with Crippen molar-refractivity contribution in [2.45, 2.75) is 26.7 Å². The third kappa shape index (κ3) is 3.74. The summed E-state index contributed by atoms with van der Waals surface area (Å²) in [7, 11) is 1.60. The van der Waals surface area contributed by atoms with Crippen molar-refractivity contribution in [1.82, 2.24) is 0 Å². The van der Waals surface area contributed by atoms with Gasteiger partial charge in [-0.3, -0.25) is 0 Å². The van der Waals surface area contributed by atoms with Crippen LogP contribution in [0.3, 0.4) is 0 Å². The van der Waals surface area contributed by atoms with Crippen LogP contribution in [-0.4, -0.2) is 12.8 Å². The van der Waals surface area contributed by atoms with E-state index >= 15 is 0 Å². The smallest absolute Gasteiger partial charge is 0.106 e. The van der Waals surface area contributed by atoms with Gasteiger partial charge in [-0.2, -0.15) is 0 Å². The molecule has 0 saturated heterocycles. The Kier molecular flexibility index (Phi) is 4.88. The van der Waals surface area contributed by atoms with Crippen LogP contribution in [-0.2, 0) is 11.3 Å². The highest BCUT2D eigenvalue weighted by Gasteiger charge is 2.11. The molecule has 1 aromatic rings. The van der Waals surface area contributed by atoms with Crippen LogP contribution in [0.25, 0.3) is 0 Å². The first-order valence-electron chi connectivity index (χ1n) is 5.39. The van der Waals surface area contributed by atoms with Gasteiger partial charge in [0.1, 0.15) is 7.11 Å². The van der Waals surface area contributed by atoms with Crippen LogP contribution < -0.4 is 0 Å². The molecule has 0 bridgehead atoms. The van der Waals surface area contributed by atoms with E-state index in [0.717, 1.165) is 18.6 Å². The molecular weight excluding hydrogens is 186 g/mol. The number of nitrogens with zero attached hydrogens (tertiary/aromatic N) is 1. The molecule has 0 aliphatic heterocycles.